The second-order valence-corrected chi connectivity index (χ2v) is 18.6. The Kier molecular flexibility index (Phi) is 23.1. The van der Waals surface area contributed by atoms with Crippen molar-refractivity contribution in [3.05, 3.63) is 130 Å². The Morgan fingerprint density at radius 2 is 1.06 bits per heavy atom. The number of nitrogens with zero attached hydrogens (tertiary/aromatic N) is 11. The van der Waals surface area contributed by atoms with E-state index in [4.69, 9.17) is 0 Å². The molecule has 9 aromatic heterocycles. The van der Waals surface area contributed by atoms with E-state index in [2.05, 4.69) is 113 Å². The van der Waals surface area contributed by atoms with Gasteiger partial charge in [-0.3, -0.25) is 35.0 Å². The lowest BCUT2D eigenvalue weighted by molar-refractivity contribution is -0.367. The molecule has 400 valence electrons. The van der Waals surface area contributed by atoms with Crippen LogP contribution in [-0.4, -0.2) is 122 Å². The molecule has 9 rings (SSSR count). The van der Waals surface area contributed by atoms with Gasteiger partial charge in [0.1, 0.15) is 0 Å². The normalized spacial score (nSPS) is 10.7. The molecular formula is C49H60N22O3S3+2. The van der Waals surface area contributed by atoms with Gasteiger partial charge in [0, 0.05) is 68.9 Å². The van der Waals surface area contributed by atoms with Crippen molar-refractivity contribution >= 4 is 81.2 Å². The van der Waals surface area contributed by atoms with Gasteiger partial charge in [0.15, 0.2) is 17.1 Å². The lowest BCUT2D eigenvalue weighted by Crippen LogP contribution is -2.26. The van der Waals surface area contributed by atoms with Crippen molar-refractivity contribution in [2.45, 2.75) is 33.6 Å². The van der Waals surface area contributed by atoms with Gasteiger partial charge >= 0.3 is 11.9 Å². The molecule has 9 aromatic rings. The molecule has 0 spiro atoms. The van der Waals surface area contributed by atoms with Crippen LogP contribution in [-0.2, 0) is 0 Å². The molecule has 0 radical (unpaired) electrons. The highest BCUT2D eigenvalue weighted by atomic mass is 32.1. The van der Waals surface area contributed by atoms with Crippen LogP contribution in [0.3, 0.4) is 0 Å². The third-order valence-corrected chi connectivity index (χ3v) is 12.9. The van der Waals surface area contributed by atoms with E-state index < -0.39 is 0 Å². The molecule has 28 heteroatoms. The molecule has 0 saturated carbocycles. The zero-order valence-electron chi connectivity index (χ0n) is 41.6. The summed E-state index contributed by atoms with van der Waals surface area (Å²) < 4.78 is 0. The van der Waals surface area contributed by atoms with Crippen molar-refractivity contribution < 1.29 is 24.4 Å². The zero-order chi connectivity index (χ0) is 53.2. The van der Waals surface area contributed by atoms with Crippen LogP contribution in [0.15, 0.2) is 128 Å². The zero-order valence-corrected chi connectivity index (χ0v) is 44.1. The third kappa shape index (κ3) is 18.7. The number of rotatable bonds is 23. The predicted molar refractivity (Wildman–Crippen MR) is 298 cm³/mol. The number of nitrogens with one attached hydrogen (secondary N) is 11. The summed E-state index contributed by atoms with van der Waals surface area (Å²) in [5.74, 6) is 2.31. The van der Waals surface area contributed by atoms with E-state index in [1.54, 1.807) is 91.0 Å². The largest absolute Gasteiger partial charge is 0.454 e. The highest BCUT2D eigenvalue weighted by molar-refractivity contribution is 7.14. The maximum atomic E-state index is 12.1. The minimum Gasteiger partial charge on any atom is -0.356 e. The summed E-state index contributed by atoms with van der Waals surface area (Å²) in [4.78, 5) is 62.2. The van der Waals surface area contributed by atoms with Gasteiger partial charge < -0.3 is 26.6 Å². The molecular weight excluding hydrogens is 1040 g/mol. The molecule has 25 nitrogen and oxygen atoms in total. The number of anilines is 3. The molecule has 0 aliphatic rings. The van der Waals surface area contributed by atoms with Crippen LogP contribution in [0.4, 0.5) is 29.5 Å². The molecule has 0 unspecified atom stereocenters. The first-order chi connectivity index (χ1) is 37.2. The van der Waals surface area contributed by atoms with Crippen molar-refractivity contribution in [2.75, 3.05) is 69.3 Å². The average Bonchev–Trinajstić information content (AvgIpc) is 4.30. The van der Waals surface area contributed by atoms with Gasteiger partial charge in [-0.15, -0.1) is 44.2 Å². The Hall–Kier alpha value is -9.02. The first kappa shape index (κ1) is 57.3. The standard InChI is InChI=1S/2C16H18N8OS.C16H18N6OS.CH4/c1-17-24-14-5-8-20-16(21-14)19-7-3-6-18-15(25)12-10-11(22-23-12)13-4-2-9-26-13;1-17-24-16-20-8-5-14(21-16)18-6-3-7-19-15(25)12-10-11(22-23-12)13-4-2-9-26-13;1-11-5-8-19-16(20-11)18-7-3-6-17-15(23)13-10-12(21-22-13)14-4-2-9-24-14;/h2,4-5,8-10H,3,6-7H2,1H3,(H,18,25)(H,22,23)(H,19,20,21);2,4-5,8-10H,3,6-7H2,1H3,(H,19,25)(H,22,23)(H,18,20,21);2,4-5,8-10H,3,6-7H2,1H3,(H,17,23)(H,21,22)(H,18,19,20);1H4/p+2. The smallest absolute Gasteiger partial charge is 0.356 e. The lowest BCUT2D eigenvalue weighted by atomic mass is 10.3. The number of hydrogen-bond acceptors (Lipinski definition) is 20. The number of thiophene rings is 3. The van der Waals surface area contributed by atoms with Crippen LogP contribution in [0.1, 0.15) is 63.8 Å². The Bertz CT molecular complexity index is 3080. The predicted octanol–water partition coefficient (Wildman–Crippen LogP) is 7.69. The lowest BCUT2D eigenvalue weighted by Gasteiger charge is -2.05. The van der Waals surface area contributed by atoms with E-state index in [1.807, 2.05) is 71.6 Å². The van der Waals surface area contributed by atoms with E-state index in [0.717, 1.165) is 56.7 Å². The van der Waals surface area contributed by atoms with Crippen LogP contribution >= 0.6 is 34.0 Å². The molecule has 3 amide bonds. The number of azo groups is 2. The molecule has 0 aliphatic heterocycles. The van der Waals surface area contributed by atoms with Crippen molar-refractivity contribution in [1.82, 2.24) is 66.5 Å². The molecule has 0 bridgehead atoms. The second kappa shape index (κ2) is 31.0. The van der Waals surface area contributed by atoms with Gasteiger partial charge in [0.05, 0.1) is 57.7 Å². The number of amides is 3. The summed E-state index contributed by atoms with van der Waals surface area (Å²) in [5, 5.41) is 59.9. The van der Waals surface area contributed by atoms with Gasteiger partial charge in [-0.1, -0.05) is 25.6 Å². The molecule has 0 saturated heterocycles. The maximum absolute atomic E-state index is 12.1. The Morgan fingerprint density at radius 3 is 1.55 bits per heavy atom. The van der Waals surface area contributed by atoms with E-state index in [9.17, 15) is 14.4 Å². The van der Waals surface area contributed by atoms with Gasteiger partial charge in [0.25, 0.3) is 23.5 Å². The van der Waals surface area contributed by atoms with E-state index >= 15 is 0 Å². The van der Waals surface area contributed by atoms with E-state index in [0.29, 0.717) is 85.8 Å². The fourth-order valence-corrected chi connectivity index (χ4v) is 8.62. The molecule has 77 heavy (non-hydrogen) atoms. The van der Waals surface area contributed by atoms with Crippen LogP contribution in [0.25, 0.3) is 31.7 Å². The van der Waals surface area contributed by atoms with Gasteiger partial charge in [0.2, 0.25) is 11.8 Å². The molecule has 0 aromatic carbocycles. The average molecular weight is 1100 g/mol. The third-order valence-electron chi connectivity index (χ3n) is 10.1. The summed E-state index contributed by atoms with van der Waals surface area (Å²) >= 11 is 4.79. The van der Waals surface area contributed by atoms with Crippen molar-refractivity contribution in [3.8, 4) is 31.7 Å². The van der Waals surface area contributed by atoms with Crippen LogP contribution < -0.4 is 41.9 Å². The van der Waals surface area contributed by atoms with E-state index in [-0.39, 0.29) is 25.1 Å². The number of H-pyrrole nitrogens is 5. The monoisotopic (exact) mass is 1100 g/mol. The van der Waals surface area contributed by atoms with Gasteiger partial charge in [-0.05, 0) is 94.8 Å². The van der Waals surface area contributed by atoms with Crippen LogP contribution in [0.5, 0.6) is 0 Å². The summed E-state index contributed by atoms with van der Waals surface area (Å²) in [5.41, 5.74) is 4.63. The number of aromatic nitrogens is 12. The molecule has 0 aliphatic carbocycles. The molecule has 0 fully saturated rings. The molecule has 0 atom stereocenters. The van der Waals surface area contributed by atoms with Gasteiger partial charge in [-0.2, -0.15) is 20.4 Å². The molecule has 11 N–H and O–H groups in total. The number of carbonyl (C=O) groups is 3. The second-order valence-electron chi connectivity index (χ2n) is 15.8. The fraction of sp³-hybridized carbons (Fsp3) is 0.265. The Balaban J connectivity index is 0.000000186. The SMILES string of the molecule is C.CN=Nc1cc[nH+]c(NCCCNC(=O)c2cc(-c3cccs3)[nH]n2)n1.CN=Nc1nc(NCCCNC(=O)c2cc(-c3cccs3)[nH]n2)cc[nH+]1.Cc1ccnc(NCCCNC(=O)c2cc(-c3cccs3)[nH]n2)n1. The first-order valence-corrected chi connectivity index (χ1v) is 26.4. The summed E-state index contributed by atoms with van der Waals surface area (Å²) in [6.45, 7) is 5.54. The van der Waals surface area contributed by atoms with Gasteiger partial charge in [-0.25, -0.2) is 19.9 Å². The van der Waals surface area contributed by atoms with Crippen LogP contribution in [0, 0.1) is 6.92 Å². The van der Waals surface area contributed by atoms with Crippen LogP contribution in [0.2, 0.25) is 0 Å². The number of carbonyl (C=O) groups excluding carboxylic acids is 3. The number of aryl methyl sites for hydroxylation is 1. The minimum absolute atomic E-state index is 0. The van der Waals surface area contributed by atoms with Crippen molar-refractivity contribution in [1.29, 1.82) is 0 Å². The maximum Gasteiger partial charge on any atom is 0.454 e. The highest BCUT2D eigenvalue weighted by Gasteiger charge is 2.15. The minimum atomic E-state index is -0.195. The number of aromatic amines is 5. The first-order valence-electron chi connectivity index (χ1n) is 23.8. The topological polar surface area (TPSA) is 339 Å². The van der Waals surface area contributed by atoms with E-state index in [1.165, 1.54) is 0 Å². The van der Waals surface area contributed by atoms with Crippen molar-refractivity contribution in [2.24, 2.45) is 20.5 Å². The highest BCUT2D eigenvalue weighted by Crippen LogP contribution is 2.25. The quantitative estimate of drug-likeness (QED) is 0.0219. The number of hydrogen-bond donors (Lipinski definition) is 9. The summed E-state index contributed by atoms with van der Waals surface area (Å²) in [6, 6.07) is 22.5. The van der Waals surface area contributed by atoms with Crippen molar-refractivity contribution in [3.63, 3.8) is 0 Å². The summed E-state index contributed by atoms with van der Waals surface area (Å²) in [7, 11) is 3.18. The summed E-state index contributed by atoms with van der Waals surface area (Å²) in [6.07, 6.45) is 7.45. The molecule has 9 heterocycles. The fourth-order valence-electron chi connectivity index (χ4n) is 6.54. The Morgan fingerprint density at radius 1 is 0.571 bits per heavy atom. The Labute approximate surface area is 455 Å².